The van der Waals surface area contributed by atoms with Crippen molar-refractivity contribution in [2.24, 2.45) is 7.05 Å². The first-order valence-corrected chi connectivity index (χ1v) is 7.56. The number of aromatic nitrogens is 2. The quantitative estimate of drug-likeness (QED) is 0.891. The van der Waals surface area contributed by atoms with Gasteiger partial charge in [0.15, 0.2) is 0 Å². The minimum atomic E-state index is -3.70. The molecule has 1 aromatic carbocycles. The molecule has 6 nitrogen and oxygen atoms in total. The second kappa shape index (κ2) is 5.26. The Labute approximate surface area is 118 Å². The van der Waals surface area contributed by atoms with Gasteiger partial charge in [0.25, 0.3) is 10.0 Å². The largest absolute Gasteiger partial charge is 0.392 e. The van der Waals surface area contributed by atoms with Crippen LogP contribution in [0, 0.1) is 13.8 Å². The van der Waals surface area contributed by atoms with Crippen LogP contribution in [0.2, 0.25) is 0 Å². The molecule has 108 valence electrons. The summed E-state index contributed by atoms with van der Waals surface area (Å²) in [5.41, 5.74) is 2.19. The third-order valence-electron chi connectivity index (χ3n) is 3.11. The highest BCUT2D eigenvalue weighted by atomic mass is 32.2. The Morgan fingerprint density at radius 2 is 2.05 bits per heavy atom. The second-order valence-corrected chi connectivity index (χ2v) is 6.26. The van der Waals surface area contributed by atoms with Crippen LogP contribution in [0.4, 0.5) is 5.69 Å². The fourth-order valence-electron chi connectivity index (χ4n) is 2.02. The third kappa shape index (κ3) is 2.68. The molecule has 0 amide bonds. The van der Waals surface area contributed by atoms with Gasteiger partial charge in [0, 0.05) is 13.2 Å². The van der Waals surface area contributed by atoms with Crippen molar-refractivity contribution in [1.29, 1.82) is 0 Å². The van der Waals surface area contributed by atoms with E-state index >= 15 is 0 Å². The van der Waals surface area contributed by atoms with Crippen LogP contribution in [-0.2, 0) is 23.7 Å². The number of rotatable bonds is 4. The van der Waals surface area contributed by atoms with E-state index in [4.69, 9.17) is 0 Å². The lowest BCUT2D eigenvalue weighted by molar-refractivity contribution is 0.280. The van der Waals surface area contributed by atoms with Crippen LogP contribution < -0.4 is 4.72 Å². The second-order valence-electron chi connectivity index (χ2n) is 4.61. The summed E-state index contributed by atoms with van der Waals surface area (Å²) >= 11 is 0. The molecule has 0 spiro atoms. The molecule has 0 saturated heterocycles. The molecule has 1 heterocycles. The van der Waals surface area contributed by atoms with Crippen molar-refractivity contribution in [3.63, 3.8) is 0 Å². The average Bonchev–Trinajstić information content (AvgIpc) is 2.67. The topological polar surface area (TPSA) is 84.2 Å². The summed E-state index contributed by atoms with van der Waals surface area (Å²) in [6, 6.07) is 4.83. The van der Waals surface area contributed by atoms with Gasteiger partial charge in [0.2, 0.25) is 0 Å². The molecule has 1 aromatic heterocycles. The zero-order chi connectivity index (χ0) is 14.9. The van der Waals surface area contributed by atoms with E-state index in [1.165, 1.54) is 6.07 Å². The van der Waals surface area contributed by atoms with E-state index in [-0.39, 0.29) is 11.5 Å². The summed E-state index contributed by atoms with van der Waals surface area (Å²) in [6.45, 7) is 3.21. The molecule has 0 aliphatic heterocycles. The molecular formula is C13H17N3O3S. The van der Waals surface area contributed by atoms with Crippen LogP contribution in [0.5, 0.6) is 0 Å². The Bertz CT molecular complexity index is 735. The molecule has 0 saturated carbocycles. The number of nitrogens with one attached hydrogen (secondary N) is 1. The molecule has 0 fully saturated rings. The number of aliphatic hydroxyl groups excluding tert-OH is 1. The number of nitrogens with zero attached hydrogens (tertiary/aromatic N) is 2. The van der Waals surface area contributed by atoms with Gasteiger partial charge in [-0.25, -0.2) is 8.42 Å². The SMILES string of the molecule is Cc1nn(C)cc1NS(=O)(=O)c1cccc(CO)c1C. The van der Waals surface area contributed by atoms with E-state index in [1.807, 2.05) is 0 Å². The third-order valence-corrected chi connectivity index (χ3v) is 4.62. The Balaban J connectivity index is 2.43. The van der Waals surface area contributed by atoms with E-state index in [0.29, 0.717) is 22.5 Å². The van der Waals surface area contributed by atoms with Crippen molar-refractivity contribution in [3.05, 3.63) is 41.2 Å². The van der Waals surface area contributed by atoms with E-state index < -0.39 is 10.0 Å². The number of aliphatic hydroxyl groups is 1. The molecule has 2 aromatic rings. The number of hydrogen-bond acceptors (Lipinski definition) is 4. The molecule has 0 unspecified atom stereocenters. The molecule has 0 aliphatic rings. The molecule has 0 radical (unpaired) electrons. The molecule has 2 rings (SSSR count). The van der Waals surface area contributed by atoms with Crippen molar-refractivity contribution in [1.82, 2.24) is 9.78 Å². The van der Waals surface area contributed by atoms with Crippen LogP contribution in [-0.4, -0.2) is 23.3 Å². The minimum absolute atomic E-state index is 0.160. The highest BCUT2D eigenvalue weighted by Crippen LogP contribution is 2.23. The van der Waals surface area contributed by atoms with Gasteiger partial charge in [0.1, 0.15) is 0 Å². The molecule has 2 N–H and O–H groups in total. The van der Waals surface area contributed by atoms with Gasteiger partial charge < -0.3 is 5.11 Å². The molecule has 0 bridgehead atoms. The summed E-state index contributed by atoms with van der Waals surface area (Å²) in [4.78, 5) is 0.160. The number of aryl methyl sites for hydroxylation is 2. The normalized spacial score (nSPS) is 11.6. The monoisotopic (exact) mass is 295 g/mol. The van der Waals surface area contributed by atoms with Gasteiger partial charge in [-0.2, -0.15) is 5.10 Å². The number of anilines is 1. The highest BCUT2D eigenvalue weighted by molar-refractivity contribution is 7.92. The average molecular weight is 295 g/mol. The van der Waals surface area contributed by atoms with Gasteiger partial charge in [-0.1, -0.05) is 12.1 Å². The first kappa shape index (κ1) is 14.5. The zero-order valence-electron chi connectivity index (χ0n) is 11.6. The summed E-state index contributed by atoms with van der Waals surface area (Å²) in [5.74, 6) is 0. The van der Waals surface area contributed by atoms with Gasteiger partial charge in [-0.05, 0) is 31.0 Å². The maximum absolute atomic E-state index is 12.4. The first-order valence-electron chi connectivity index (χ1n) is 6.07. The van der Waals surface area contributed by atoms with Gasteiger partial charge in [-0.3, -0.25) is 9.40 Å². The van der Waals surface area contributed by atoms with Crippen molar-refractivity contribution in [2.45, 2.75) is 25.3 Å². The number of hydrogen-bond donors (Lipinski definition) is 2. The van der Waals surface area contributed by atoms with Crippen LogP contribution in [0.25, 0.3) is 0 Å². The Kier molecular flexibility index (Phi) is 3.82. The van der Waals surface area contributed by atoms with E-state index in [0.717, 1.165) is 0 Å². The maximum atomic E-state index is 12.4. The first-order chi connectivity index (χ1) is 9.35. The fourth-order valence-corrected chi connectivity index (χ4v) is 3.41. The lowest BCUT2D eigenvalue weighted by atomic mass is 10.1. The zero-order valence-corrected chi connectivity index (χ0v) is 12.4. The van der Waals surface area contributed by atoms with Gasteiger partial charge in [0.05, 0.1) is 22.9 Å². The van der Waals surface area contributed by atoms with E-state index in [9.17, 15) is 13.5 Å². The molecule has 0 aliphatic carbocycles. The van der Waals surface area contributed by atoms with Crippen molar-refractivity contribution < 1.29 is 13.5 Å². The number of benzene rings is 1. The van der Waals surface area contributed by atoms with Gasteiger partial charge >= 0.3 is 0 Å². The lowest BCUT2D eigenvalue weighted by Crippen LogP contribution is -2.15. The van der Waals surface area contributed by atoms with E-state index in [1.54, 1.807) is 43.9 Å². The smallest absolute Gasteiger partial charge is 0.262 e. The molecular weight excluding hydrogens is 278 g/mol. The van der Waals surface area contributed by atoms with Gasteiger partial charge in [-0.15, -0.1) is 0 Å². The van der Waals surface area contributed by atoms with Crippen molar-refractivity contribution >= 4 is 15.7 Å². The summed E-state index contributed by atoms with van der Waals surface area (Å²) in [7, 11) is -1.98. The minimum Gasteiger partial charge on any atom is -0.392 e. The molecule has 20 heavy (non-hydrogen) atoms. The van der Waals surface area contributed by atoms with Crippen LogP contribution in [0.3, 0.4) is 0 Å². The molecule has 7 heteroatoms. The standard InChI is InChI=1S/C13H17N3O3S/c1-9-11(8-17)5-4-6-13(9)20(18,19)15-12-7-16(3)14-10(12)2/h4-7,15,17H,8H2,1-3H3. The fraction of sp³-hybridized carbons (Fsp3) is 0.308. The van der Waals surface area contributed by atoms with Crippen LogP contribution >= 0.6 is 0 Å². The predicted molar refractivity (Wildman–Crippen MR) is 75.9 cm³/mol. The summed E-state index contributed by atoms with van der Waals surface area (Å²) in [5, 5.41) is 13.3. The molecule has 0 atom stereocenters. The number of sulfonamides is 1. The Morgan fingerprint density at radius 1 is 1.35 bits per heavy atom. The van der Waals surface area contributed by atoms with Crippen LogP contribution in [0.15, 0.2) is 29.3 Å². The van der Waals surface area contributed by atoms with Crippen molar-refractivity contribution in [3.8, 4) is 0 Å². The van der Waals surface area contributed by atoms with E-state index in [2.05, 4.69) is 9.82 Å². The van der Waals surface area contributed by atoms with Crippen LogP contribution in [0.1, 0.15) is 16.8 Å². The summed E-state index contributed by atoms with van der Waals surface area (Å²) < 4.78 is 28.9. The lowest BCUT2D eigenvalue weighted by Gasteiger charge is -2.11. The highest BCUT2D eigenvalue weighted by Gasteiger charge is 2.20. The summed E-state index contributed by atoms with van der Waals surface area (Å²) in [6.07, 6.45) is 1.61. The Hall–Kier alpha value is -1.86. The Morgan fingerprint density at radius 3 is 2.60 bits per heavy atom. The van der Waals surface area contributed by atoms with Crippen molar-refractivity contribution in [2.75, 3.05) is 4.72 Å². The predicted octanol–water partition coefficient (Wildman–Crippen LogP) is 1.33. The maximum Gasteiger partial charge on any atom is 0.262 e.